The van der Waals surface area contributed by atoms with E-state index in [2.05, 4.69) is 31.2 Å². The lowest BCUT2D eigenvalue weighted by Gasteiger charge is -2.39. The normalized spacial score (nSPS) is 15.4. The highest BCUT2D eigenvalue weighted by Gasteiger charge is 2.37. The fourth-order valence-corrected chi connectivity index (χ4v) is 6.20. The predicted octanol–water partition coefficient (Wildman–Crippen LogP) is 5.96. The van der Waals surface area contributed by atoms with Gasteiger partial charge in [0.2, 0.25) is 0 Å². The number of hydrogen-bond acceptors (Lipinski definition) is 6. The molecule has 2 aromatic heterocycles. The first-order valence-electron chi connectivity index (χ1n) is 14.5. The maximum Gasteiger partial charge on any atom is 0.410 e. The molecule has 10 nitrogen and oxygen atoms in total. The number of piperazine rings is 1. The summed E-state index contributed by atoms with van der Waals surface area (Å²) in [5.74, 6) is -0.752. The van der Waals surface area contributed by atoms with Gasteiger partial charge in [0.15, 0.2) is 0 Å². The lowest BCUT2D eigenvalue weighted by Crippen LogP contribution is -2.59. The van der Waals surface area contributed by atoms with Crippen LogP contribution in [0.2, 0.25) is 5.02 Å². The Kier molecular flexibility index (Phi) is 9.11. The first-order valence-corrected chi connectivity index (χ1v) is 15.6. The number of hydrogen-bond donors (Lipinski definition) is 3. The van der Waals surface area contributed by atoms with Crippen LogP contribution in [0.3, 0.4) is 0 Å². The smallest absolute Gasteiger partial charge is 0.410 e. The van der Waals surface area contributed by atoms with Crippen molar-refractivity contribution in [1.29, 1.82) is 0 Å². The molecule has 45 heavy (non-hydrogen) atoms. The zero-order valence-electron chi connectivity index (χ0n) is 24.4. The number of halogens is 2. The largest absolute Gasteiger partial charge is 0.467 e. The van der Waals surface area contributed by atoms with Crippen LogP contribution in [-0.2, 0) is 20.9 Å². The Hall–Kier alpha value is -4.32. The van der Waals surface area contributed by atoms with E-state index in [1.54, 1.807) is 0 Å². The molecule has 1 aliphatic heterocycles. The number of amides is 2. The second-order valence-electron chi connectivity index (χ2n) is 10.8. The Balaban J connectivity index is 1.13. The number of nitrogens with zero attached hydrogens (tertiary/aromatic N) is 2. The van der Waals surface area contributed by atoms with E-state index in [1.165, 1.54) is 12.0 Å². The zero-order valence-corrected chi connectivity index (χ0v) is 26.8. The van der Waals surface area contributed by atoms with Gasteiger partial charge in [-0.25, -0.2) is 9.59 Å². The third-order valence-electron chi connectivity index (χ3n) is 7.93. The Bertz CT molecular complexity index is 1870. The number of carbonyl (C=O) groups excluding carboxylic acids is 3. The van der Waals surface area contributed by atoms with Crippen molar-refractivity contribution < 1.29 is 23.9 Å². The summed E-state index contributed by atoms with van der Waals surface area (Å²) in [6.07, 6.45) is -0.569. The average Bonchev–Trinajstić information content (AvgIpc) is 3.64. The van der Waals surface area contributed by atoms with Crippen LogP contribution in [0.15, 0.2) is 77.3 Å². The number of aromatic nitrogens is 2. The van der Waals surface area contributed by atoms with Crippen molar-refractivity contribution in [1.82, 2.24) is 25.1 Å². The van der Waals surface area contributed by atoms with Crippen LogP contribution >= 0.6 is 27.5 Å². The standard InChI is InChI=1S/C33H31BrClN5O5/c1-44-32(42)28-18-39(13-14-40(28)33(43)45-19-20-5-3-2-4-6-20)12-11-36-31(41)29-24-9-7-22(34)17-26(24)38-30(29)27-16-21-15-23(35)8-10-25(21)37-27/h2-10,15-17,28,37-38H,11-14,18-19H2,1H3,(H,36,41)/t28-/m0/s1. The molecule has 0 aliphatic carbocycles. The number of ether oxygens (including phenoxy) is 2. The highest BCUT2D eigenvalue weighted by molar-refractivity contribution is 9.10. The Morgan fingerprint density at radius 3 is 2.62 bits per heavy atom. The number of carbonyl (C=O) groups is 3. The molecule has 12 heteroatoms. The third kappa shape index (κ3) is 6.70. The SMILES string of the molecule is COC(=O)[C@@H]1CN(CCNC(=O)c2c(-c3cc4cc(Cl)ccc4[nH]3)[nH]c3cc(Br)ccc23)CCN1C(=O)OCc1ccccc1. The number of esters is 1. The predicted molar refractivity (Wildman–Crippen MR) is 176 cm³/mol. The number of H-pyrrole nitrogens is 2. The highest BCUT2D eigenvalue weighted by atomic mass is 79.9. The molecule has 3 N–H and O–H groups in total. The number of fused-ring (bicyclic) bond motifs is 2. The molecule has 3 heterocycles. The number of methoxy groups -OCH3 is 1. The summed E-state index contributed by atoms with van der Waals surface area (Å²) in [5.41, 5.74) is 4.53. The molecule has 1 fully saturated rings. The van der Waals surface area contributed by atoms with Crippen molar-refractivity contribution in [3.8, 4) is 11.4 Å². The lowest BCUT2D eigenvalue weighted by molar-refractivity contribution is -0.148. The van der Waals surface area contributed by atoms with Crippen LogP contribution in [0, 0.1) is 0 Å². The van der Waals surface area contributed by atoms with Crippen molar-refractivity contribution in [3.05, 3.63) is 93.4 Å². The van der Waals surface area contributed by atoms with Gasteiger partial charge in [0.1, 0.15) is 12.6 Å². The van der Waals surface area contributed by atoms with Gasteiger partial charge in [0.25, 0.3) is 5.91 Å². The first kappa shape index (κ1) is 30.7. The van der Waals surface area contributed by atoms with E-state index in [0.29, 0.717) is 35.9 Å². The number of nitrogens with one attached hydrogen (secondary N) is 3. The minimum atomic E-state index is -0.822. The lowest BCUT2D eigenvalue weighted by atomic mass is 10.1. The first-order chi connectivity index (χ1) is 21.8. The summed E-state index contributed by atoms with van der Waals surface area (Å²) in [6, 6.07) is 21.9. The summed E-state index contributed by atoms with van der Waals surface area (Å²) >= 11 is 9.73. The van der Waals surface area contributed by atoms with E-state index in [9.17, 15) is 14.4 Å². The second-order valence-corrected chi connectivity index (χ2v) is 12.2. The quantitative estimate of drug-likeness (QED) is 0.173. The van der Waals surface area contributed by atoms with E-state index in [0.717, 1.165) is 37.5 Å². The van der Waals surface area contributed by atoms with Gasteiger partial charge >= 0.3 is 12.1 Å². The van der Waals surface area contributed by atoms with Crippen molar-refractivity contribution in [2.24, 2.45) is 0 Å². The van der Waals surface area contributed by atoms with Gasteiger partial charge in [-0.05, 0) is 42.0 Å². The monoisotopic (exact) mass is 691 g/mol. The maximum atomic E-state index is 13.7. The van der Waals surface area contributed by atoms with Crippen molar-refractivity contribution in [2.45, 2.75) is 12.6 Å². The van der Waals surface area contributed by atoms with Crippen LogP contribution in [0.25, 0.3) is 33.2 Å². The number of benzene rings is 3. The molecule has 0 bridgehead atoms. The molecule has 1 atom stereocenters. The molecule has 0 spiro atoms. The van der Waals surface area contributed by atoms with Gasteiger partial charge in [-0.3, -0.25) is 14.6 Å². The summed E-state index contributed by atoms with van der Waals surface area (Å²) < 4.78 is 11.4. The molecule has 232 valence electrons. The van der Waals surface area contributed by atoms with Crippen LogP contribution in [0.4, 0.5) is 4.79 Å². The van der Waals surface area contributed by atoms with Gasteiger partial charge < -0.3 is 24.8 Å². The highest BCUT2D eigenvalue weighted by Crippen LogP contribution is 2.33. The molecule has 1 saturated heterocycles. The molecule has 5 aromatic rings. The van der Waals surface area contributed by atoms with Gasteiger partial charge in [-0.1, -0.05) is 63.9 Å². The van der Waals surface area contributed by atoms with Crippen molar-refractivity contribution >= 4 is 67.3 Å². The molecule has 0 radical (unpaired) electrons. The van der Waals surface area contributed by atoms with Crippen molar-refractivity contribution in [3.63, 3.8) is 0 Å². The molecular weight excluding hydrogens is 662 g/mol. The van der Waals surface area contributed by atoms with Crippen LogP contribution in [-0.4, -0.2) is 83.6 Å². The minimum absolute atomic E-state index is 0.110. The van der Waals surface area contributed by atoms with Crippen molar-refractivity contribution in [2.75, 3.05) is 39.8 Å². The molecule has 1 aliphatic rings. The van der Waals surface area contributed by atoms with E-state index in [-0.39, 0.29) is 25.6 Å². The molecule has 3 aromatic carbocycles. The molecule has 6 rings (SSSR count). The minimum Gasteiger partial charge on any atom is -0.467 e. The van der Waals surface area contributed by atoms with Gasteiger partial charge in [0, 0.05) is 64.0 Å². The van der Waals surface area contributed by atoms with Crippen LogP contribution < -0.4 is 5.32 Å². The zero-order chi connectivity index (χ0) is 31.5. The number of aromatic amines is 2. The van der Waals surface area contributed by atoms with Crippen LogP contribution in [0.1, 0.15) is 15.9 Å². The van der Waals surface area contributed by atoms with E-state index in [1.807, 2.05) is 77.7 Å². The number of rotatable bonds is 8. The Labute approximate surface area is 272 Å². The average molecular weight is 693 g/mol. The molecule has 0 unspecified atom stereocenters. The Morgan fingerprint density at radius 1 is 1.00 bits per heavy atom. The molecule has 0 saturated carbocycles. The summed E-state index contributed by atoms with van der Waals surface area (Å²) in [6.45, 7) is 1.96. The second kappa shape index (κ2) is 13.4. The fourth-order valence-electron chi connectivity index (χ4n) is 5.66. The maximum absolute atomic E-state index is 13.7. The topological polar surface area (TPSA) is 120 Å². The van der Waals surface area contributed by atoms with Gasteiger partial charge in [0.05, 0.1) is 24.1 Å². The van der Waals surface area contributed by atoms with Gasteiger partial charge in [-0.15, -0.1) is 0 Å². The summed E-state index contributed by atoms with van der Waals surface area (Å²) in [7, 11) is 1.30. The fraction of sp³-hybridized carbons (Fsp3) is 0.242. The Morgan fingerprint density at radius 2 is 1.82 bits per heavy atom. The summed E-state index contributed by atoms with van der Waals surface area (Å²) in [5, 5.41) is 5.41. The molecule has 2 amide bonds. The molecular formula is C33H31BrClN5O5. The van der Waals surface area contributed by atoms with Gasteiger partial charge in [-0.2, -0.15) is 0 Å². The van der Waals surface area contributed by atoms with E-state index < -0.39 is 18.1 Å². The van der Waals surface area contributed by atoms with E-state index in [4.69, 9.17) is 21.1 Å². The van der Waals surface area contributed by atoms with E-state index >= 15 is 0 Å². The third-order valence-corrected chi connectivity index (χ3v) is 8.66. The van der Waals surface area contributed by atoms with Crippen LogP contribution in [0.5, 0.6) is 0 Å². The summed E-state index contributed by atoms with van der Waals surface area (Å²) in [4.78, 5) is 49.5.